The number of nitrogens with two attached hydrogens (primary N) is 2. The summed E-state index contributed by atoms with van der Waals surface area (Å²) in [4.78, 5) is 15.9. The summed E-state index contributed by atoms with van der Waals surface area (Å²) >= 11 is 0. The van der Waals surface area contributed by atoms with Gasteiger partial charge in [-0.1, -0.05) is 0 Å². The second-order valence-electron chi connectivity index (χ2n) is 3.86. The molecule has 0 aliphatic carbocycles. The molecule has 0 radical (unpaired) electrons. The van der Waals surface area contributed by atoms with Gasteiger partial charge in [-0.25, -0.2) is 0 Å². The first-order valence-corrected chi connectivity index (χ1v) is 5.50. The molecule has 0 aliphatic heterocycles. The van der Waals surface area contributed by atoms with Crippen LogP contribution in [0.1, 0.15) is 15.9 Å². The van der Waals surface area contributed by atoms with Crippen LogP contribution in [0.15, 0.2) is 42.7 Å². The van der Waals surface area contributed by atoms with E-state index in [1.165, 1.54) is 6.20 Å². The molecule has 0 saturated carbocycles. The van der Waals surface area contributed by atoms with Crippen molar-refractivity contribution in [3.8, 4) is 0 Å². The molecule has 0 bridgehead atoms. The molecule has 0 spiro atoms. The predicted octanol–water partition coefficient (Wildman–Crippen LogP) is 1.37. The lowest BCUT2D eigenvalue weighted by Gasteiger charge is -2.06. The van der Waals surface area contributed by atoms with Gasteiger partial charge < -0.3 is 16.8 Å². The van der Waals surface area contributed by atoms with Crippen LogP contribution in [0.2, 0.25) is 0 Å². The van der Waals surface area contributed by atoms with Gasteiger partial charge in [0.2, 0.25) is 0 Å². The summed E-state index contributed by atoms with van der Waals surface area (Å²) in [5.41, 5.74) is 13.7. The van der Waals surface area contributed by atoms with Crippen molar-refractivity contribution >= 4 is 17.3 Å². The first kappa shape index (κ1) is 12.1. The van der Waals surface area contributed by atoms with Crippen molar-refractivity contribution in [2.75, 3.05) is 11.1 Å². The van der Waals surface area contributed by atoms with E-state index in [-0.39, 0.29) is 5.91 Å². The summed E-state index contributed by atoms with van der Waals surface area (Å²) in [6.45, 7) is 0.357. The minimum atomic E-state index is -0.220. The molecule has 92 valence electrons. The number of aromatic nitrogens is 1. The Labute approximate surface area is 105 Å². The summed E-state index contributed by atoms with van der Waals surface area (Å²) in [6.07, 6.45) is 3.14. The zero-order valence-electron chi connectivity index (χ0n) is 9.76. The van der Waals surface area contributed by atoms with Crippen molar-refractivity contribution in [3.05, 3.63) is 53.9 Å². The lowest BCUT2D eigenvalue weighted by atomic mass is 10.2. The number of benzene rings is 1. The van der Waals surface area contributed by atoms with Crippen LogP contribution in [0.4, 0.5) is 11.4 Å². The monoisotopic (exact) mass is 242 g/mol. The first-order valence-electron chi connectivity index (χ1n) is 5.50. The van der Waals surface area contributed by atoms with Crippen LogP contribution in [0.25, 0.3) is 0 Å². The molecule has 18 heavy (non-hydrogen) atoms. The highest BCUT2D eigenvalue weighted by Gasteiger charge is 2.06. The zero-order valence-corrected chi connectivity index (χ0v) is 9.76. The summed E-state index contributed by atoms with van der Waals surface area (Å²) in [6, 6.07) is 8.66. The van der Waals surface area contributed by atoms with E-state index in [0.717, 1.165) is 5.56 Å². The van der Waals surface area contributed by atoms with Crippen LogP contribution in [0.5, 0.6) is 0 Å². The average Bonchev–Trinajstić information content (AvgIpc) is 2.41. The van der Waals surface area contributed by atoms with E-state index in [4.69, 9.17) is 11.5 Å². The Morgan fingerprint density at radius 3 is 2.61 bits per heavy atom. The number of hydrogen-bond acceptors (Lipinski definition) is 4. The summed E-state index contributed by atoms with van der Waals surface area (Å²) in [7, 11) is 0. The van der Waals surface area contributed by atoms with Gasteiger partial charge in [-0.3, -0.25) is 9.78 Å². The van der Waals surface area contributed by atoms with E-state index in [1.54, 1.807) is 36.5 Å². The Morgan fingerprint density at radius 2 is 1.94 bits per heavy atom. The Balaban J connectivity index is 2.14. The molecule has 0 aliphatic rings. The molecule has 1 amide bonds. The van der Waals surface area contributed by atoms with Gasteiger partial charge in [0.05, 0.1) is 5.56 Å². The molecule has 0 saturated heterocycles. The number of nitrogens with one attached hydrogen (secondary N) is 1. The van der Waals surface area contributed by atoms with Crippen molar-refractivity contribution in [2.45, 2.75) is 6.54 Å². The predicted molar refractivity (Wildman–Crippen MR) is 70.9 cm³/mol. The number of carbonyl (C=O) groups excluding carboxylic acids is 1. The standard InChI is InChI=1S/C13H14N4O/c14-6-9-5-10(8-16-7-9)13(18)17-12-3-1-11(15)2-4-12/h1-5,7-8H,6,14-15H2,(H,17,18). The molecule has 2 aromatic rings. The SMILES string of the molecule is NCc1cncc(C(=O)Nc2ccc(N)cc2)c1. The van der Waals surface area contributed by atoms with E-state index in [2.05, 4.69) is 10.3 Å². The summed E-state index contributed by atoms with van der Waals surface area (Å²) < 4.78 is 0. The number of pyridine rings is 1. The largest absolute Gasteiger partial charge is 0.399 e. The Kier molecular flexibility index (Phi) is 3.54. The third kappa shape index (κ3) is 2.83. The maximum Gasteiger partial charge on any atom is 0.257 e. The Hall–Kier alpha value is -2.40. The van der Waals surface area contributed by atoms with Gasteiger partial charge >= 0.3 is 0 Å². The van der Waals surface area contributed by atoms with Gasteiger partial charge in [-0.2, -0.15) is 0 Å². The van der Waals surface area contributed by atoms with E-state index < -0.39 is 0 Å². The van der Waals surface area contributed by atoms with E-state index in [9.17, 15) is 4.79 Å². The van der Waals surface area contributed by atoms with Gasteiger partial charge in [0, 0.05) is 30.3 Å². The van der Waals surface area contributed by atoms with Crippen molar-refractivity contribution in [2.24, 2.45) is 5.73 Å². The molecule has 5 heteroatoms. The molecule has 0 fully saturated rings. The molecule has 1 aromatic carbocycles. The normalized spacial score (nSPS) is 10.1. The fourth-order valence-electron chi connectivity index (χ4n) is 1.49. The molecule has 0 unspecified atom stereocenters. The molecule has 5 nitrogen and oxygen atoms in total. The molecular formula is C13H14N4O. The second kappa shape index (κ2) is 5.29. The van der Waals surface area contributed by atoms with Gasteiger partial charge in [0.1, 0.15) is 0 Å². The van der Waals surface area contributed by atoms with E-state index in [0.29, 0.717) is 23.5 Å². The summed E-state index contributed by atoms with van der Waals surface area (Å²) in [5.74, 6) is -0.220. The topological polar surface area (TPSA) is 94.0 Å². The quantitative estimate of drug-likeness (QED) is 0.708. The van der Waals surface area contributed by atoms with Crippen LogP contribution in [-0.4, -0.2) is 10.9 Å². The van der Waals surface area contributed by atoms with Gasteiger partial charge in [0.15, 0.2) is 0 Å². The van der Waals surface area contributed by atoms with Gasteiger partial charge in [-0.05, 0) is 35.9 Å². The molecule has 5 N–H and O–H groups in total. The zero-order chi connectivity index (χ0) is 13.0. The molecular weight excluding hydrogens is 228 g/mol. The number of rotatable bonds is 3. The van der Waals surface area contributed by atoms with Crippen LogP contribution in [-0.2, 0) is 6.54 Å². The highest BCUT2D eigenvalue weighted by Crippen LogP contribution is 2.12. The fourth-order valence-corrected chi connectivity index (χ4v) is 1.49. The number of nitrogens with zero attached hydrogens (tertiary/aromatic N) is 1. The van der Waals surface area contributed by atoms with Crippen molar-refractivity contribution in [3.63, 3.8) is 0 Å². The van der Waals surface area contributed by atoms with Crippen LogP contribution in [0.3, 0.4) is 0 Å². The Bertz CT molecular complexity index is 551. The molecule has 1 heterocycles. The van der Waals surface area contributed by atoms with E-state index >= 15 is 0 Å². The maximum atomic E-state index is 11.9. The number of amides is 1. The second-order valence-corrected chi connectivity index (χ2v) is 3.86. The van der Waals surface area contributed by atoms with Crippen molar-refractivity contribution < 1.29 is 4.79 Å². The third-order valence-corrected chi connectivity index (χ3v) is 2.46. The molecule has 1 aromatic heterocycles. The average molecular weight is 242 g/mol. The lowest BCUT2D eigenvalue weighted by molar-refractivity contribution is 0.102. The maximum absolute atomic E-state index is 11.9. The third-order valence-electron chi connectivity index (χ3n) is 2.46. The number of anilines is 2. The smallest absolute Gasteiger partial charge is 0.257 e. The minimum Gasteiger partial charge on any atom is -0.399 e. The van der Waals surface area contributed by atoms with Gasteiger partial charge in [-0.15, -0.1) is 0 Å². The van der Waals surface area contributed by atoms with Crippen molar-refractivity contribution in [1.29, 1.82) is 0 Å². The molecule has 2 rings (SSSR count). The van der Waals surface area contributed by atoms with Crippen molar-refractivity contribution in [1.82, 2.24) is 4.98 Å². The lowest BCUT2D eigenvalue weighted by Crippen LogP contribution is -2.13. The highest BCUT2D eigenvalue weighted by atomic mass is 16.1. The number of carbonyl (C=O) groups is 1. The van der Waals surface area contributed by atoms with Crippen LogP contribution >= 0.6 is 0 Å². The fraction of sp³-hybridized carbons (Fsp3) is 0.0769. The molecule has 0 atom stereocenters. The summed E-state index contributed by atoms with van der Waals surface area (Å²) in [5, 5.41) is 2.76. The minimum absolute atomic E-state index is 0.220. The number of hydrogen-bond donors (Lipinski definition) is 3. The van der Waals surface area contributed by atoms with Crippen LogP contribution < -0.4 is 16.8 Å². The number of nitrogen functional groups attached to an aromatic ring is 1. The Morgan fingerprint density at radius 1 is 1.22 bits per heavy atom. The van der Waals surface area contributed by atoms with Crippen LogP contribution in [0, 0.1) is 0 Å². The van der Waals surface area contributed by atoms with E-state index in [1.807, 2.05) is 0 Å². The van der Waals surface area contributed by atoms with Gasteiger partial charge in [0.25, 0.3) is 5.91 Å². The highest BCUT2D eigenvalue weighted by molar-refractivity contribution is 6.04. The first-order chi connectivity index (χ1) is 8.69.